The number of thiazole rings is 1. The predicted octanol–water partition coefficient (Wildman–Crippen LogP) is -0.494. The predicted molar refractivity (Wildman–Crippen MR) is 116 cm³/mol. The molecular formula is C16H20N6O5S3. The zero-order chi connectivity index (χ0) is 21.8. The van der Waals surface area contributed by atoms with E-state index in [-0.39, 0.29) is 28.8 Å². The van der Waals surface area contributed by atoms with Crippen molar-refractivity contribution in [1.82, 2.24) is 15.2 Å². The second-order valence-corrected chi connectivity index (χ2v) is 9.14. The maximum atomic E-state index is 12.8. The summed E-state index contributed by atoms with van der Waals surface area (Å²) in [6.07, 6.45) is 1.91. The fourth-order valence-corrected chi connectivity index (χ4v) is 5.03. The largest absolute Gasteiger partial charge is 0.477 e. The minimum Gasteiger partial charge on any atom is -0.477 e. The number of oxime groups is 1. The van der Waals surface area contributed by atoms with E-state index in [1.54, 1.807) is 17.1 Å². The third-order valence-electron chi connectivity index (χ3n) is 4.30. The smallest absolute Gasteiger partial charge is 0.352 e. The fraction of sp³-hybridized carbons (Fsp3) is 0.438. The van der Waals surface area contributed by atoms with Crippen LogP contribution in [0.5, 0.6) is 0 Å². The summed E-state index contributed by atoms with van der Waals surface area (Å²) in [6.45, 7) is 0.332. The molecule has 3 rings (SSSR count). The molecule has 30 heavy (non-hydrogen) atoms. The Balaban J connectivity index is 1.76. The van der Waals surface area contributed by atoms with Crippen LogP contribution in [-0.2, 0) is 19.2 Å². The summed E-state index contributed by atoms with van der Waals surface area (Å²) < 4.78 is 0. The highest BCUT2D eigenvalue weighted by atomic mass is 32.2. The Kier molecular flexibility index (Phi) is 7.23. The number of carbonyl (C=O) groups excluding carboxylic acids is 2. The van der Waals surface area contributed by atoms with Gasteiger partial charge in [0.15, 0.2) is 10.8 Å². The van der Waals surface area contributed by atoms with Crippen molar-refractivity contribution < 1.29 is 24.3 Å². The lowest BCUT2D eigenvalue weighted by Crippen LogP contribution is -2.71. The van der Waals surface area contributed by atoms with Crippen molar-refractivity contribution in [2.75, 3.05) is 36.6 Å². The quantitative estimate of drug-likeness (QED) is 0.159. The van der Waals surface area contributed by atoms with Crippen LogP contribution in [0.15, 0.2) is 21.8 Å². The molecule has 0 radical (unpaired) electrons. The first-order valence-corrected chi connectivity index (χ1v) is 12.0. The molecule has 2 aliphatic rings. The number of nitrogens with one attached hydrogen (secondary N) is 1. The Morgan fingerprint density at radius 1 is 1.53 bits per heavy atom. The first kappa shape index (κ1) is 22.4. The van der Waals surface area contributed by atoms with E-state index in [4.69, 9.17) is 16.3 Å². The van der Waals surface area contributed by atoms with Gasteiger partial charge in [-0.2, -0.15) is 11.8 Å². The van der Waals surface area contributed by atoms with Crippen LogP contribution in [0.2, 0.25) is 0 Å². The lowest BCUT2D eigenvalue weighted by atomic mass is 10.0. The topological polar surface area (TPSA) is 173 Å². The highest BCUT2D eigenvalue weighted by molar-refractivity contribution is 8.00. The number of aliphatic carboxylic acids is 1. The molecule has 0 aromatic carbocycles. The van der Waals surface area contributed by atoms with Gasteiger partial charge < -0.3 is 26.7 Å². The number of carboxylic acid groups (broad SMARTS) is 1. The van der Waals surface area contributed by atoms with Crippen molar-refractivity contribution in [2.45, 2.75) is 11.4 Å². The third-order valence-corrected chi connectivity index (χ3v) is 6.89. The van der Waals surface area contributed by atoms with Crippen LogP contribution in [0.1, 0.15) is 5.69 Å². The zero-order valence-corrected chi connectivity index (χ0v) is 18.3. The Bertz CT molecular complexity index is 917. The van der Waals surface area contributed by atoms with E-state index in [0.29, 0.717) is 23.7 Å². The normalized spacial score (nSPS) is 21.2. The van der Waals surface area contributed by atoms with Crippen LogP contribution in [-0.4, -0.2) is 80.8 Å². The van der Waals surface area contributed by atoms with Crippen molar-refractivity contribution in [2.24, 2.45) is 10.9 Å². The van der Waals surface area contributed by atoms with E-state index in [2.05, 4.69) is 15.5 Å². The van der Waals surface area contributed by atoms with Gasteiger partial charge in [0.05, 0.1) is 0 Å². The summed E-state index contributed by atoms with van der Waals surface area (Å²) >= 11 is 4.04. The molecular weight excluding hydrogens is 452 g/mol. The Morgan fingerprint density at radius 2 is 2.30 bits per heavy atom. The van der Waals surface area contributed by atoms with Crippen molar-refractivity contribution >= 4 is 63.5 Å². The van der Waals surface area contributed by atoms with Gasteiger partial charge in [-0.25, -0.2) is 9.78 Å². The molecule has 14 heteroatoms. The summed E-state index contributed by atoms with van der Waals surface area (Å²) in [5, 5.41) is 17.2. The number of thioether (sulfide) groups is 2. The molecule has 2 aliphatic heterocycles. The highest BCUT2D eigenvalue weighted by Gasteiger charge is 2.54. The summed E-state index contributed by atoms with van der Waals surface area (Å²) in [5.74, 6) is -1.36. The van der Waals surface area contributed by atoms with E-state index in [0.717, 1.165) is 16.2 Å². The van der Waals surface area contributed by atoms with E-state index in [1.165, 1.54) is 11.8 Å². The van der Waals surface area contributed by atoms with Gasteiger partial charge in [0, 0.05) is 23.4 Å². The molecule has 0 saturated carbocycles. The molecule has 3 heterocycles. The molecule has 2 amide bonds. The van der Waals surface area contributed by atoms with Crippen LogP contribution in [0.3, 0.4) is 0 Å². The average molecular weight is 473 g/mol. The monoisotopic (exact) mass is 472 g/mol. The number of nitrogens with zero attached hydrogens (tertiary/aromatic N) is 3. The standard InChI is InChI=1S/C16H20N6O5S3/c1-28-3-2-27-21-9(8-6-30-16(18)19-8)12(23)20-10-13(24)22-11(15(25)26)7(4-17)5-29-14(10)22/h6,10,14H,2-5,17H2,1H3,(H2,18,19)(H,20,23)(H,25,26)/b21-9-/t10?,14-/m0/s1. The summed E-state index contributed by atoms with van der Waals surface area (Å²) in [5.41, 5.74) is 11.8. The van der Waals surface area contributed by atoms with Crippen LogP contribution in [0, 0.1) is 0 Å². The maximum Gasteiger partial charge on any atom is 0.352 e. The molecule has 1 aromatic rings. The SMILES string of the molecule is CSCCO/N=C(\C(=O)NC1C(=O)N2C(C(=O)O)=C(CN)CS[C@@H]12)c1csc(N)n1. The van der Waals surface area contributed by atoms with Gasteiger partial charge in [-0.3, -0.25) is 14.5 Å². The fourth-order valence-electron chi connectivity index (χ4n) is 2.88. The number of β-lactam (4-membered cyclic amide) rings is 1. The number of hydrogen-bond acceptors (Lipinski definition) is 11. The minimum atomic E-state index is -1.22. The van der Waals surface area contributed by atoms with Crippen LogP contribution < -0.4 is 16.8 Å². The molecule has 0 bridgehead atoms. The lowest BCUT2D eigenvalue weighted by molar-refractivity contribution is -0.150. The van der Waals surface area contributed by atoms with E-state index < -0.39 is 29.2 Å². The number of aromatic nitrogens is 1. The number of rotatable bonds is 9. The first-order chi connectivity index (χ1) is 14.4. The molecule has 2 atom stereocenters. The lowest BCUT2D eigenvalue weighted by Gasteiger charge is -2.49. The molecule has 1 saturated heterocycles. The van der Waals surface area contributed by atoms with Gasteiger partial charge in [0.2, 0.25) is 0 Å². The summed E-state index contributed by atoms with van der Waals surface area (Å²) in [6, 6.07) is -0.899. The molecule has 0 spiro atoms. The Labute approximate surface area is 184 Å². The third kappa shape index (κ3) is 4.40. The Hall–Kier alpha value is -2.29. The first-order valence-electron chi connectivity index (χ1n) is 8.70. The number of amides is 2. The minimum absolute atomic E-state index is 0.0393. The molecule has 0 aliphatic carbocycles. The number of nitrogen functional groups attached to an aromatic ring is 1. The molecule has 6 N–H and O–H groups in total. The Morgan fingerprint density at radius 3 is 2.90 bits per heavy atom. The zero-order valence-electron chi connectivity index (χ0n) is 15.9. The van der Waals surface area contributed by atoms with Crippen molar-refractivity contribution in [3.05, 3.63) is 22.3 Å². The van der Waals surface area contributed by atoms with Crippen LogP contribution >= 0.6 is 34.9 Å². The van der Waals surface area contributed by atoms with Gasteiger partial charge >= 0.3 is 5.97 Å². The number of fused-ring (bicyclic) bond motifs is 1. The van der Waals surface area contributed by atoms with Crippen molar-refractivity contribution in [1.29, 1.82) is 0 Å². The van der Waals surface area contributed by atoms with Gasteiger partial charge in [-0.15, -0.1) is 23.1 Å². The van der Waals surface area contributed by atoms with Crippen molar-refractivity contribution in [3.63, 3.8) is 0 Å². The van der Waals surface area contributed by atoms with Gasteiger partial charge in [0.1, 0.15) is 29.4 Å². The molecule has 11 nitrogen and oxygen atoms in total. The molecule has 1 aromatic heterocycles. The van der Waals surface area contributed by atoms with Gasteiger partial charge in [-0.1, -0.05) is 5.16 Å². The molecule has 162 valence electrons. The summed E-state index contributed by atoms with van der Waals surface area (Å²) in [7, 11) is 0. The number of nitrogens with two attached hydrogens (primary N) is 2. The van der Waals surface area contributed by atoms with Crippen LogP contribution in [0.25, 0.3) is 0 Å². The highest BCUT2D eigenvalue weighted by Crippen LogP contribution is 2.40. The number of hydrogen-bond donors (Lipinski definition) is 4. The van der Waals surface area contributed by atoms with E-state index >= 15 is 0 Å². The van der Waals surface area contributed by atoms with Crippen LogP contribution in [0.4, 0.5) is 5.13 Å². The average Bonchev–Trinajstić information content (AvgIpc) is 3.16. The second-order valence-electron chi connectivity index (χ2n) is 6.16. The molecule has 1 fully saturated rings. The number of carboxylic acids is 1. The van der Waals surface area contributed by atoms with E-state index in [1.807, 2.05) is 6.26 Å². The van der Waals surface area contributed by atoms with E-state index in [9.17, 15) is 19.5 Å². The van der Waals surface area contributed by atoms with Gasteiger partial charge in [-0.05, 0) is 11.8 Å². The number of anilines is 1. The van der Waals surface area contributed by atoms with Crippen molar-refractivity contribution in [3.8, 4) is 0 Å². The maximum absolute atomic E-state index is 12.8. The molecule has 1 unspecified atom stereocenters. The summed E-state index contributed by atoms with van der Waals surface area (Å²) in [4.78, 5) is 47.5. The van der Waals surface area contributed by atoms with Gasteiger partial charge in [0.25, 0.3) is 11.8 Å². The second kappa shape index (κ2) is 9.68. The number of carbonyl (C=O) groups is 3.